The van der Waals surface area contributed by atoms with E-state index in [1.54, 1.807) is 26.4 Å². The van der Waals surface area contributed by atoms with Crippen molar-refractivity contribution in [1.29, 1.82) is 0 Å². The van der Waals surface area contributed by atoms with Crippen molar-refractivity contribution in [2.24, 2.45) is 0 Å². The third-order valence-electron chi connectivity index (χ3n) is 5.19. The predicted molar refractivity (Wildman–Crippen MR) is 117 cm³/mol. The lowest BCUT2D eigenvalue weighted by Crippen LogP contribution is -2.34. The number of aromatic nitrogens is 2. The van der Waals surface area contributed by atoms with E-state index in [1.165, 1.54) is 0 Å². The van der Waals surface area contributed by atoms with E-state index in [0.29, 0.717) is 29.6 Å². The molecule has 0 radical (unpaired) electrons. The zero-order chi connectivity index (χ0) is 21.1. The summed E-state index contributed by atoms with van der Waals surface area (Å²) in [7, 11) is 3.21. The van der Waals surface area contributed by atoms with Gasteiger partial charge in [0, 0.05) is 53.0 Å². The maximum absolute atomic E-state index is 12.9. The molecule has 0 unspecified atom stereocenters. The molecule has 0 fully saturated rings. The van der Waals surface area contributed by atoms with Crippen molar-refractivity contribution in [2.75, 3.05) is 20.8 Å². The molecule has 0 spiro atoms. The Bertz CT molecular complexity index is 1110. The van der Waals surface area contributed by atoms with E-state index in [4.69, 9.17) is 21.1 Å². The first kappa shape index (κ1) is 20.0. The quantitative estimate of drug-likeness (QED) is 0.619. The molecule has 4 rings (SSSR count). The summed E-state index contributed by atoms with van der Waals surface area (Å²) in [5.74, 6) is 1.32. The highest BCUT2D eigenvalue weighted by Gasteiger charge is 2.24. The number of ether oxygens (including phenoxy) is 2. The summed E-state index contributed by atoms with van der Waals surface area (Å²) in [6.45, 7) is 1.12. The second-order valence-corrected chi connectivity index (χ2v) is 7.43. The van der Waals surface area contributed by atoms with Crippen molar-refractivity contribution < 1.29 is 14.3 Å². The number of nitrogens with zero attached hydrogens (tertiary/aromatic N) is 2. The van der Waals surface area contributed by atoms with Gasteiger partial charge in [0.15, 0.2) is 0 Å². The number of carbonyl (C=O) groups excluding carboxylic acids is 1. The van der Waals surface area contributed by atoms with Crippen LogP contribution in [-0.4, -0.2) is 41.8 Å². The minimum absolute atomic E-state index is 0.0660. The Morgan fingerprint density at radius 2 is 2.07 bits per heavy atom. The molecule has 2 heterocycles. The maximum Gasteiger partial charge on any atom is 0.246 e. The van der Waals surface area contributed by atoms with Gasteiger partial charge in [0.25, 0.3) is 0 Å². The minimum Gasteiger partial charge on any atom is -0.497 e. The lowest BCUT2D eigenvalue weighted by molar-refractivity contribution is -0.126. The van der Waals surface area contributed by atoms with Gasteiger partial charge in [-0.1, -0.05) is 23.7 Å². The van der Waals surface area contributed by atoms with Crippen LogP contribution in [0, 0.1) is 0 Å². The third kappa shape index (κ3) is 4.04. The second-order valence-electron chi connectivity index (χ2n) is 6.99. The molecule has 1 aliphatic heterocycles. The SMILES string of the molecule is COc1ccc(OC)c(/C=C/C(=O)N2CCc3[nH]nc(-c4cccc(Cl)c4)c3C2)c1. The number of benzene rings is 2. The van der Waals surface area contributed by atoms with Crippen LogP contribution in [0.2, 0.25) is 5.02 Å². The summed E-state index contributed by atoms with van der Waals surface area (Å²) in [5.41, 5.74) is 4.65. The highest BCUT2D eigenvalue weighted by atomic mass is 35.5. The molecule has 0 bridgehead atoms. The fourth-order valence-electron chi connectivity index (χ4n) is 3.59. The molecule has 1 N–H and O–H groups in total. The van der Waals surface area contributed by atoms with Gasteiger partial charge in [0.2, 0.25) is 5.91 Å². The van der Waals surface area contributed by atoms with E-state index in [9.17, 15) is 4.79 Å². The maximum atomic E-state index is 12.9. The number of aromatic amines is 1. The highest BCUT2D eigenvalue weighted by molar-refractivity contribution is 6.30. The summed E-state index contributed by atoms with van der Waals surface area (Å²) < 4.78 is 10.6. The fourth-order valence-corrected chi connectivity index (χ4v) is 3.78. The van der Waals surface area contributed by atoms with E-state index in [2.05, 4.69) is 10.2 Å². The van der Waals surface area contributed by atoms with Crippen molar-refractivity contribution in [3.8, 4) is 22.8 Å². The van der Waals surface area contributed by atoms with Gasteiger partial charge in [0.05, 0.1) is 19.9 Å². The van der Waals surface area contributed by atoms with Crippen LogP contribution in [0.15, 0.2) is 48.5 Å². The van der Waals surface area contributed by atoms with E-state index in [-0.39, 0.29) is 5.91 Å². The monoisotopic (exact) mass is 423 g/mol. The molecule has 0 aliphatic carbocycles. The van der Waals surface area contributed by atoms with E-state index in [1.807, 2.05) is 47.4 Å². The minimum atomic E-state index is -0.0660. The first-order valence-electron chi connectivity index (χ1n) is 9.60. The molecular formula is C23H22ClN3O3. The van der Waals surface area contributed by atoms with Crippen LogP contribution in [0.5, 0.6) is 11.5 Å². The number of carbonyl (C=O) groups is 1. The number of amides is 1. The molecule has 1 aliphatic rings. The molecule has 1 aromatic heterocycles. The standard InChI is InChI=1S/C23H22ClN3O3/c1-29-18-7-8-21(30-2)15(13-18)6-9-22(28)27-11-10-20-19(14-27)23(26-25-20)16-4-3-5-17(24)12-16/h3-9,12-13H,10-11,14H2,1-2H3,(H,25,26)/b9-6+. The number of methoxy groups -OCH3 is 2. The van der Waals surface area contributed by atoms with Crippen LogP contribution in [-0.2, 0) is 17.8 Å². The third-order valence-corrected chi connectivity index (χ3v) is 5.42. The Hall–Kier alpha value is -3.25. The van der Waals surface area contributed by atoms with Crippen molar-refractivity contribution in [2.45, 2.75) is 13.0 Å². The summed E-state index contributed by atoms with van der Waals surface area (Å²) >= 11 is 6.14. The molecule has 0 saturated carbocycles. The van der Waals surface area contributed by atoms with Crippen LogP contribution in [0.3, 0.4) is 0 Å². The van der Waals surface area contributed by atoms with Crippen molar-refractivity contribution in [1.82, 2.24) is 15.1 Å². The number of rotatable bonds is 5. The molecular weight excluding hydrogens is 402 g/mol. The largest absolute Gasteiger partial charge is 0.497 e. The Morgan fingerprint density at radius 3 is 2.83 bits per heavy atom. The average molecular weight is 424 g/mol. The predicted octanol–water partition coefficient (Wildman–Crippen LogP) is 4.35. The molecule has 0 saturated heterocycles. The van der Waals surface area contributed by atoms with E-state index >= 15 is 0 Å². The van der Waals surface area contributed by atoms with Gasteiger partial charge >= 0.3 is 0 Å². The summed E-state index contributed by atoms with van der Waals surface area (Å²) in [5, 5.41) is 8.23. The number of hydrogen-bond acceptors (Lipinski definition) is 4. The lowest BCUT2D eigenvalue weighted by Gasteiger charge is -2.26. The normalized spacial score (nSPS) is 13.4. The lowest BCUT2D eigenvalue weighted by atomic mass is 10.0. The van der Waals surface area contributed by atoms with Gasteiger partial charge < -0.3 is 14.4 Å². The molecule has 3 aromatic rings. The Kier molecular flexibility index (Phi) is 5.77. The Labute approximate surface area is 180 Å². The smallest absolute Gasteiger partial charge is 0.246 e. The van der Waals surface area contributed by atoms with Crippen molar-refractivity contribution in [3.05, 3.63) is 70.4 Å². The number of fused-ring (bicyclic) bond motifs is 1. The average Bonchev–Trinajstić information content (AvgIpc) is 3.20. The van der Waals surface area contributed by atoms with E-state index < -0.39 is 0 Å². The molecule has 6 nitrogen and oxygen atoms in total. The van der Waals surface area contributed by atoms with Crippen molar-refractivity contribution >= 4 is 23.6 Å². The molecule has 154 valence electrons. The van der Waals surface area contributed by atoms with Crippen LogP contribution in [0.25, 0.3) is 17.3 Å². The van der Waals surface area contributed by atoms with E-state index in [0.717, 1.165) is 34.5 Å². The van der Waals surface area contributed by atoms with Crippen LogP contribution < -0.4 is 9.47 Å². The number of nitrogens with one attached hydrogen (secondary N) is 1. The molecule has 2 aromatic carbocycles. The van der Waals surface area contributed by atoms with Crippen LogP contribution in [0.1, 0.15) is 16.8 Å². The first-order chi connectivity index (χ1) is 14.6. The first-order valence-corrected chi connectivity index (χ1v) is 9.98. The summed E-state index contributed by atoms with van der Waals surface area (Å²) in [6.07, 6.45) is 4.05. The van der Waals surface area contributed by atoms with Gasteiger partial charge in [-0.05, 0) is 36.4 Å². The van der Waals surface area contributed by atoms with Gasteiger partial charge in [0.1, 0.15) is 11.5 Å². The number of H-pyrrole nitrogens is 1. The van der Waals surface area contributed by atoms with Gasteiger partial charge in [-0.25, -0.2) is 0 Å². The zero-order valence-corrected chi connectivity index (χ0v) is 17.6. The zero-order valence-electron chi connectivity index (χ0n) is 16.8. The highest BCUT2D eigenvalue weighted by Crippen LogP contribution is 2.30. The second kappa shape index (κ2) is 8.63. The molecule has 0 atom stereocenters. The molecule has 30 heavy (non-hydrogen) atoms. The number of halogens is 1. The van der Waals surface area contributed by atoms with Crippen LogP contribution in [0.4, 0.5) is 0 Å². The topological polar surface area (TPSA) is 67.5 Å². The Balaban J connectivity index is 1.55. The van der Waals surface area contributed by atoms with Gasteiger partial charge in [-0.15, -0.1) is 0 Å². The number of hydrogen-bond donors (Lipinski definition) is 1. The molecule has 1 amide bonds. The summed E-state index contributed by atoms with van der Waals surface area (Å²) in [4.78, 5) is 14.7. The Morgan fingerprint density at radius 1 is 1.20 bits per heavy atom. The van der Waals surface area contributed by atoms with Crippen LogP contribution >= 0.6 is 11.6 Å². The summed E-state index contributed by atoms with van der Waals surface area (Å²) in [6, 6.07) is 13.1. The van der Waals surface area contributed by atoms with Crippen molar-refractivity contribution in [3.63, 3.8) is 0 Å². The van der Waals surface area contributed by atoms with Gasteiger partial charge in [-0.3, -0.25) is 9.89 Å². The fraction of sp³-hybridized carbons (Fsp3) is 0.217. The molecule has 7 heteroatoms. The van der Waals surface area contributed by atoms with Gasteiger partial charge in [-0.2, -0.15) is 5.10 Å².